The summed E-state index contributed by atoms with van der Waals surface area (Å²) >= 11 is 0. The number of hydrogen-bond acceptors (Lipinski definition) is 6. The predicted molar refractivity (Wildman–Crippen MR) is 118 cm³/mol. The van der Waals surface area contributed by atoms with Crippen LogP contribution in [0.5, 0.6) is 0 Å². The van der Waals surface area contributed by atoms with E-state index in [4.69, 9.17) is 5.73 Å². The molecule has 2 aromatic rings. The smallest absolute Gasteiger partial charge is 0.276 e. The maximum atomic E-state index is 13.2. The molecule has 3 rings (SSSR count). The van der Waals surface area contributed by atoms with Crippen molar-refractivity contribution >= 4 is 23.4 Å². The quantitative estimate of drug-likeness (QED) is 0.413. The van der Waals surface area contributed by atoms with Gasteiger partial charge in [-0.15, -0.1) is 0 Å². The average molecular weight is 441 g/mol. The Balaban J connectivity index is 1.70. The number of amides is 3. The van der Waals surface area contributed by atoms with Crippen LogP contribution in [0.2, 0.25) is 0 Å². The molecular weight excluding hydrogens is 412 g/mol. The number of anilines is 1. The monoisotopic (exact) mass is 440 g/mol. The fraction of sp³-hybridized carbons (Fsp3) is 0.348. The lowest BCUT2D eigenvalue weighted by atomic mass is 10.0. The average Bonchev–Trinajstić information content (AvgIpc) is 2.79. The number of para-hydroxylation sites is 1. The molecule has 1 unspecified atom stereocenters. The fourth-order valence-electron chi connectivity index (χ4n) is 3.70. The second-order valence-electron chi connectivity index (χ2n) is 7.81. The number of benzene rings is 2. The highest BCUT2D eigenvalue weighted by Crippen LogP contribution is 2.20. The minimum absolute atomic E-state index is 0.0785. The number of nitrogens with two attached hydrogens (primary N) is 1. The third-order valence-electron chi connectivity index (χ3n) is 5.41. The van der Waals surface area contributed by atoms with Gasteiger partial charge in [0.15, 0.2) is 0 Å². The molecule has 170 valence electrons. The van der Waals surface area contributed by atoms with Crippen LogP contribution in [0.4, 0.5) is 5.69 Å². The normalized spacial score (nSPS) is 16.7. The van der Waals surface area contributed by atoms with Crippen molar-refractivity contribution in [2.24, 2.45) is 5.73 Å². The van der Waals surface area contributed by atoms with E-state index in [1.165, 1.54) is 4.90 Å². The van der Waals surface area contributed by atoms with E-state index in [0.29, 0.717) is 31.7 Å². The molecule has 32 heavy (non-hydrogen) atoms. The Kier molecular flexibility index (Phi) is 7.45. The van der Waals surface area contributed by atoms with Crippen molar-refractivity contribution in [1.82, 2.24) is 10.2 Å². The van der Waals surface area contributed by atoms with Crippen molar-refractivity contribution in [3.8, 4) is 0 Å². The topological polar surface area (TPSA) is 136 Å². The molecule has 9 nitrogen and oxygen atoms in total. The summed E-state index contributed by atoms with van der Waals surface area (Å²) in [6.07, 6.45) is -2.61. The minimum atomic E-state index is -2.46. The molecule has 1 aliphatic rings. The predicted octanol–water partition coefficient (Wildman–Crippen LogP) is -0.381. The first-order valence-electron chi connectivity index (χ1n) is 10.4. The molecule has 5 N–H and O–H groups in total. The second kappa shape index (κ2) is 10.3. The minimum Gasteiger partial charge on any atom is -0.383 e. The molecule has 0 saturated carbocycles. The molecule has 1 saturated heterocycles. The Morgan fingerprint density at radius 2 is 1.53 bits per heavy atom. The van der Waals surface area contributed by atoms with E-state index in [2.05, 4.69) is 10.2 Å². The van der Waals surface area contributed by atoms with E-state index in [0.717, 1.165) is 5.69 Å². The Bertz CT molecular complexity index is 932. The van der Waals surface area contributed by atoms with Crippen LogP contribution in [-0.2, 0) is 20.8 Å². The molecule has 2 aromatic carbocycles. The van der Waals surface area contributed by atoms with E-state index in [1.807, 2.05) is 30.3 Å². The zero-order chi connectivity index (χ0) is 23.1. The fourth-order valence-corrected chi connectivity index (χ4v) is 3.70. The summed E-state index contributed by atoms with van der Waals surface area (Å²) < 4.78 is 0. The van der Waals surface area contributed by atoms with E-state index >= 15 is 0 Å². The number of primary amides is 1. The summed E-state index contributed by atoms with van der Waals surface area (Å²) in [5.41, 5.74) is 4.36. The zero-order valence-corrected chi connectivity index (χ0v) is 17.7. The molecule has 0 radical (unpaired) electrons. The van der Waals surface area contributed by atoms with Crippen molar-refractivity contribution in [2.45, 2.75) is 24.7 Å². The summed E-state index contributed by atoms with van der Waals surface area (Å²) in [5, 5.41) is 23.3. The van der Waals surface area contributed by atoms with Crippen LogP contribution in [0.15, 0.2) is 60.7 Å². The Morgan fingerprint density at radius 3 is 2.09 bits per heavy atom. The number of aliphatic hydroxyl groups excluding tert-OH is 1. The summed E-state index contributed by atoms with van der Waals surface area (Å²) in [6.45, 7) is 1.67. The van der Waals surface area contributed by atoms with Gasteiger partial charge in [-0.3, -0.25) is 14.4 Å². The zero-order valence-electron chi connectivity index (χ0n) is 17.7. The largest absolute Gasteiger partial charge is 0.383 e. The first-order valence-corrected chi connectivity index (χ1v) is 10.4. The lowest BCUT2D eigenvalue weighted by Gasteiger charge is -2.40. The molecule has 1 aliphatic heterocycles. The van der Waals surface area contributed by atoms with E-state index in [1.54, 1.807) is 30.3 Å². The Morgan fingerprint density at radius 1 is 0.969 bits per heavy atom. The number of piperazine rings is 1. The van der Waals surface area contributed by atoms with Crippen LogP contribution in [-0.4, -0.2) is 70.8 Å². The maximum Gasteiger partial charge on any atom is 0.276 e. The van der Waals surface area contributed by atoms with Gasteiger partial charge in [0.25, 0.3) is 5.91 Å². The number of nitrogens with zero attached hydrogens (tertiary/aromatic N) is 2. The Labute approximate surface area is 186 Å². The van der Waals surface area contributed by atoms with Crippen LogP contribution < -0.4 is 16.0 Å². The molecule has 0 bridgehead atoms. The van der Waals surface area contributed by atoms with Gasteiger partial charge in [-0.2, -0.15) is 0 Å². The maximum absolute atomic E-state index is 13.2. The summed E-state index contributed by atoms with van der Waals surface area (Å²) in [5.74, 6) is -2.50. The number of carbonyl (C=O) groups is 3. The number of rotatable bonds is 8. The number of hydrogen-bond donors (Lipinski definition) is 4. The van der Waals surface area contributed by atoms with Gasteiger partial charge >= 0.3 is 0 Å². The number of nitrogens with one attached hydrogen (secondary N) is 1. The highest BCUT2D eigenvalue weighted by molar-refractivity contribution is 5.91. The summed E-state index contributed by atoms with van der Waals surface area (Å²) in [4.78, 5) is 40.6. The van der Waals surface area contributed by atoms with Crippen molar-refractivity contribution in [2.75, 3.05) is 31.1 Å². The van der Waals surface area contributed by atoms with Gasteiger partial charge in [-0.1, -0.05) is 48.5 Å². The van der Waals surface area contributed by atoms with Crippen molar-refractivity contribution < 1.29 is 24.6 Å². The first-order chi connectivity index (χ1) is 15.3. The van der Waals surface area contributed by atoms with Gasteiger partial charge in [-0.05, 0) is 17.7 Å². The van der Waals surface area contributed by atoms with Crippen LogP contribution in [0, 0.1) is 0 Å². The van der Waals surface area contributed by atoms with Gasteiger partial charge in [0.05, 0.1) is 6.42 Å². The van der Waals surface area contributed by atoms with Gasteiger partial charge < -0.3 is 31.1 Å². The highest BCUT2D eigenvalue weighted by atomic mass is 16.3. The lowest BCUT2D eigenvalue weighted by Crippen LogP contribution is -2.64. The molecule has 1 heterocycles. The van der Waals surface area contributed by atoms with Crippen LogP contribution >= 0.6 is 0 Å². The number of carbonyl (C=O) groups excluding carboxylic acids is 3. The third kappa shape index (κ3) is 5.83. The Hall–Kier alpha value is -3.43. The number of aliphatic hydroxyl groups is 2. The lowest BCUT2D eigenvalue weighted by molar-refractivity contribution is -0.164. The van der Waals surface area contributed by atoms with Crippen LogP contribution in [0.25, 0.3) is 0 Å². The second-order valence-corrected chi connectivity index (χ2v) is 7.81. The first kappa shape index (κ1) is 23.2. The molecule has 0 spiro atoms. The molecule has 2 atom stereocenters. The van der Waals surface area contributed by atoms with Gasteiger partial charge in [0.1, 0.15) is 6.10 Å². The molecular formula is C23H28N4O5. The van der Waals surface area contributed by atoms with Gasteiger partial charge in [-0.25, -0.2) is 0 Å². The van der Waals surface area contributed by atoms with Crippen molar-refractivity contribution in [3.63, 3.8) is 0 Å². The van der Waals surface area contributed by atoms with Crippen LogP contribution in [0.3, 0.4) is 0 Å². The van der Waals surface area contributed by atoms with Crippen molar-refractivity contribution in [3.05, 3.63) is 66.2 Å². The van der Waals surface area contributed by atoms with E-state index in [-0.39, 0.29) is 6.42 Å². The SMILES string of the molecule is NC(=O)C(O)C[C@](O)(NC(=O)Cc1ccccc1)C(=O)N1CCN(c2ccccc2)CC1. The summed E-state index contributed by atoms with van der Waals surface area (Å²) in [6, 6.07) is 18.5. The molecule has 0 aliphatic carbocycles. The van der Waals surface area contributed by atoms with Gasteiger partial charge in [0, 0.05) is 38.3 Å². The molecule has 1 fully saturated rings. The highest BCUT2D eigenvalue weighted by Gasteiger charge is 2.44. The van der Waals surface area contributed by atoms with Gasteiger partial charge in [0.2, 0.25) is 17.5 Å². The van der Waals surface area contributed by atoms with E-state index < -0.39 is 36.0 Å². The standard InChI is InChI=1S/C23H28N4O5/c24-21(30)19(28)16-23(32,25-20(29)15-17-7-3-1-4-8-17)22(31)27-13-11-26(12-14-27)18-9-5-2-6-10-18/h1-10,19,28,32H,11-16H2,(H2,24,30)(H,25,29)/t19?,23-/m1/s1. The summed E-state index contributed by atoms with van der Waals surface area (Å²) in [7, 11) is 0. The van der Waals surface area contributed by atoms with Crippen molar-refractivity contribution in [1.29, 1.82) is 0 Å². The molecule has 9 heteroatoms. The van der Waals surface area contributed by atoms with E-state index in [9.17, 15) is 24.6 Å². The third-order valence-corrected chi connectivity index (χ3v) is 5.41. The molecule has 3 amide bonds. The molecule has 0 aromatic heterocycles. The van der Waals surface area contributed by atoms with Crippen LogP contribution in [0.1, 0.15) is 12.0 Å².